The molecule has 1 aromatic carbocycles. The van der Waals surface area contributed by atoms with Crippen LogP contribution in [0, 0.1) is 0 Å². The van der Waals surface area contributed by atoms with Crippen LogP contribution in [0.1, 0.15) is 12.2 Å². The summed E-state index contributed by atoms with van der Waals surface area (Å²) in [7, 11) is 1.63. The highest BCUT2D eigenvalue weighted by Crippen LogP contribution is 2.28. The van der Waals surface area contributed by atoms with Crippen molar-refractivity contribution in [3.8, 4) is 17.0 Å². The Balaban J connectivity index is 1.83. The van der Waals surface area contributed by atoms with Gasteiger partial charge in [-0.1, -0.05) is 6.07 Å². The third-order valence-electron chi connectivity index (χ3n) is 3.89. The summed E-state index contributed by atoms with van der Waals surface area (Å²) < 4.78 is 7.43. The second-order valence-electron chi connectivity index (χ2n) is 5.08. The van der Waals surface area contributed by atoms with Gasteiger partial charge in [-0.15, -0.1) is 0 Å². The van der Waals surface area contributed by atoms with E-state index in [9.17, 15) is 0 Å². The molecule has 0 amide bonds. The van der Waals surface area contributed by atoms with Crippen LogP contribution < -0.4 is 4.74 Å². The molecule has 0 saturated heterocycles. The molecule has 1 aliphatic heterocycles. The summed E-state index contributed by atoms with van der Waals surface area (Å²) in [5.74, 6) is 1.85. The summed E-state index contributed by atoms with van der Waals surface area (Å²) in [4.78, 5) is 8.95. The van der Waals surface area contributed by atoms with Crippen LogP contribution in [0.25, 0.3) is 22.2 Å². The zero-order valence-electron chi connectivity index (χ0n) is 11.3. The van der Waals surface area contributed by atoms with Crippen molar-refractivity contribution in [1.82, 2.24) is 14.5 Å². The number of ether oxygens (including phenoxy) is 1. The Kier molecular flexibility index (Phi) is 2.49. The van der Waals surface area contributed by atoms with E-state index in [1.165, 1.54) is 23.3 Å². The molecule has 4 nitrogen and oxygen atoms in total. The lowest BCUT2D eigenvalue weighted by Crippen LogP contribution is -1.91. The van der Waals surface area contributed by atoms with Crippen molar-refractivity contribution in [1.29, 1.82) is 0 Å². The fraction of sp³-hybridized carbons (Fsp3) is 0.250. The lowest BCUT2D eigenvalue weighted by atomic mass is 10.1. The quantitative estimate of drug-likeness (QED) is 0.715. The maximum absolute atomic E-state index is 5.10. The second-order valence-corrected chi connectivity index (χ2v) is 5.08. The molecule has 0 atom stereocenters. The highest BCUT2D eigenvalue weighted by Gasteiger charge is 2.16. The van der Waals surface area contributed by atoms with E-state index in [1.807, 2.05) is 18.3 Å². The van der Waals surface area contributed by atoms with Crippen LogP contribution >= 0.6 is 0 Å². The molecular formula is C16H15N3O. The van der Waals surface area contributed by atoms with Gasteiger partial charge in [0.2, 0.25) is 5.88 Å². The van der Waals surface area contributed by atoms with Gasteiger partial charge in [0, 0.05) is 30.8 Å². The summed E-state index contributed by atoms with van der Waals surface area (Å²) >= 11 is 0. The van der Waals surface area contributed by atoms with Crippen LogP contribution in [0.2, 0.25) is 0 Å². The predicted molar refractivity (Wildman–Crippen MR) is 77.8 cm³/mol. The van der Waals surface area contributed by atoms with Gasteiger partial charge in [0.15, 0.2) is 0 Å². The van der Waals surface area contributed by atoms with Gasteiger partial charge in [-0.05, 0) is 30.2 Å². The third-order valence-corrected chi connectivity index (χ3v) is 3.89. The van der Waals surface area contributed by atoms with Crippen LogP contribution in [0.15, 0.2) is 36.5 Å². The first-order valence-electron chi connectivity index (χ1n) is 6.85. The molecule has 0 N–H and O–H groups in total. The van der Waals surface area contributed by atoms with Gasteiger partial charge in [-0.3, -0.25) is 0 Å². The molecule has 4 rings (SSSR count). The fourth-order valence-electron chi connectivity index (χ4n) is 2.86. The first kappa shape index (κ1) is 11.5. The Morgan fingerprint density at radius 2 is 2.05 bits per heavy atom. The van der Waals surface area contributed by atoms with E-state index in [-0.39, 0.29) is 0 Å². The minimum absolute atomic E-state index is 0.639. The molecule has 0 bridgehead atoms. The molecule has 0 unspecified atom stereocenters. The minimum atomic E-state index is 0.639. The molecule has 1 aliphatic rings. The van der Waals surface area contributed by atoms with Crippen LogP contribution in [-0.2, 0) is 13.0 Å². The Morgan fingerprint density at radius 1 is 1.15 bits per heavy atom. The first-order valence-corrected chi connectivity index (χ1v) is 6.85. The largest absolute Gasteiger partial charge is 0.481 e. The van der Waals surface area contributed by atoms with Crippen LogP contribution in [0.3, 0.4) is 0 Å². The number of pyridine rings is 1. The summed E-state index contributed by atoms with van der Waals surface area (Å²) in [6.45, 7) is 1.08. The van der Waals surface area contributed by atoms with E-state index in [0.29, 0.717) is 5.88 Å². The summed E-state index contributed by atoms with van der Waals surface area (Å²) in [5, 5.41) is 0. The van der Waals surface area contributed by atoms with Crippen molar-refractivity contribution in [3.63, 3.8) is 0 Å². The van der Waals surface area contributed by atoms with E-state index in [1.54, 1.807) is 7.11 Å². The van der Waals surface area contributed by atoms with Gasteiger partial charge in [-0.25, -0.2) is 9.97 Å². The number of imidazole rings is 1. The van der Waals surface area contributed by atoms with E-state index in [2.05, 4.69) is 32.7 Å². The number of hydrogen-bond donors (Lipinski definition) is 0. The summed E-state index contributed by atoms with van der Waals surface area (Å²) in [5.41, 5.74) is 4.58. The number of aryl methyl sites for hydroxylation is 2. The molecule has 0 spiro atoms. The normalized spacial score (nSPS) is 13.7. The lowest BCUT2D eigenvalue weighted by molar-refractivity contribution is 0.398. The Hall–Kier alpha value is -2.36. The van der Waals surface area contributed by atoms with E-state index in [0.717, 1.165) is 24.0 Å². The van der Waals surface area contributed by atoms with Gasteiger partial charge in [0.05, 0.1) is 18.1 Å². The first-order chi connectivity index (χ1) is 9.85. The monoisotopic (exact) mass is 265 g/mol. The maximum atomic E-state index is 5.10. The Labute approximate surface area is 117 Å². The Bertz CT molecular complexity index is 774. The van der Waals surface area contributed by atoms with Gasteiger partial charge >= 0.3 is 0 Å². The van der Waals surface area contributed by atoms with Gasteiger partial charge in [-0.2, -0.15) is 0 Å². The molecule has 3 heterocycles. The topological polar surface area (TPSA) is 39.9 Å². The molecule has 3 aromatic rings. The summed E-state index contributed by atoms with van der Waals surface area (Å²) in [6.07, 6.45) is 4.14. The third kappa shape index (κ3) is 1.68. The van der Waals surface area contributed by atoms with Crippen molar-refractivity contribution in [2.75, 3.05) is 7.11 Å². The number of benzene rings is 1. The maximum Gasteiger partial charge on any atom is 0.212 e. The van der Waals surface area contributed by atoms with Crippen molar-refractivity contribution in [3.05, 3.63) is 42.4 Å². The lowest BCUT2D eigenvalue weighted by Gasteiger charge is -2.04. The fourth-order valence-corrected chi connectivity index (χ4v) is 2.86. The highest BCUT2D eigenvalue weighted by molar-refractivity contribution is 5.82. The van der Waals surface area contributed by atoms with Crippen LogP contribution in [-0.4, -0.2) is 21.6 Å². The molecule has 0 radical (unpaired) electrons. The van der Waals surface area contributed by atoms with Gasteiger partial charge in [0.1, 0.15) is 5.82 Å². The molecule has 0 aliphatic carbocycles. The molecule has 0 fully saturated rings. The van der Waals surface area contributed by atoms with Crippen molar-refractivity contribution < 1.29 is 4.74 Å². The van der Waals surface area contributed by atoms with E-state index >= 15 is 0 Å². The average Bonchev–Trinajstić information content (AvgIpc) is 3.07. The number of rotatable bonds is 2. The summed E-state index contributed by atoms with van der Waals surface area (Å²) in [6, 6.07) is 10.3. The smallest absolute Gasteiger partial charge is 0.212 e. The van der Waals surface area contributed by atoms with Crippen LogP contribution in [0.5, 0.6) is 5.88 Å². The predicted octanol–water partition coefficient (Wildman–Crippen LogP) is 3.05. The number of hydrogen-bond acceptors (Lipinski definition) is 3. The standard InChI is InChI=1S/C16H15N3O/c1-20-16-7-5-12(10-17-16)11-4-6-13-14(9-11)19-8-2-3-15(19)18-13/h4-7,9-10H,2-3,8H2,1H3. The van der Waals surface area contributed by atoms with Crippen LogP contribution in [0.4, 0.5) is 0 Å². The zero-order valence-corrected chi connectivity index (χ0v) is 11.3. The van der Waals surface area contributed by atoms with E-state index < -0.39 is 0 Å². The highest BCUT2D eigenvalue weighted by atomic mass is 16.5. The molecule has 100 valence electrons. The molecule has 4 heteroatoms. The van der Waals surface area contributed by atoms with Crippen molar-refractivity contribution >= 4 is 11.0 Å². The molecule has 20 heavy (non-hydrogen) atoms. The number of nitrogens with zero attached hydrogens (tertiary/aromatic N) is 3. The van der Waals surface area contributed by atoms with E-state index in [4.69, 9.17) is 4.74 Å². The number of aromatic nitrogens is 3. The van der Waals surface area contributed by atoms with Crippen molar-refractivity contribution in [2.45, 2.75) is 19.4 Å². The van der Waals surface area contributed by atoms with Crippen molar-refractivity contribution in [2.24, 2.45) is 0 Å². The Morgan fingerprint density at radius 3 is 2.85 bits per heavy atom. The molecular weight excluding hydrogens is 250 g/mol. The average molecular weight is 265 g/mol. The number of methoxy groups -OCH3 is 1. The van der Waals surface area contributed by atoms with Gasteiger partial charge in [0.25, 0.3) is 0 Å². The molecule has 0 saturated carbocycles. The second kappa shape index (κ2) is 4.34. The molecule has 2 aromatic heterocycles. The SMILES string of the molecule is COc1ccc(-c2ccc3nc4n(c3c2)CCC4)cn1. The zero-order chi connectivity index (χ0) is 13.5. The minimum Gasteiger partial charge on any atom is -0.481 e. The van der Waals surface area contributed by atoms with Gasteiger partial charge < -0.3 is 9.30 Å². The number of fused-ring (bicyclic) bond motifs is 3.